The van der Waals surface area contributed by atoms with Crippen LogP contribution in [0.3, 0.4) is 0 Å². The Balaban J connectivity index is 1.95. The van der Waals surface area contributed by atoms with Crippen LogP contribution in [-0.2, 0) is 11.2 Å². The topological polar surface area (TPSA) is 91.0 Å². The molecule has 1 aromatic heterocycles. The average molecular weight is 334 g/mol. The van der Waals surface area contributed by atoms with Crippen molar-refractivity contribution < 1.29 is 20.0 Å². The molecule has 6 heteroatoms. The van der Waals surface area contributed by atoms with E-state index in [2.05, 4.69) is 29.5 Å². The number of nitrogens with one attached hydrogen (secondary N) is 2. The smallest absolute Gasteiger partial charge is 0.216 e. The Morgan fingerprint density at radius 3 is 2.92 bits per heavy atom. The predicted octanol–water partition coefficient (Wildman–Crippen LogP) is 0.558. The third kappa shape index (κ3) is 5.54. The maximum atomic E-state index is 11.0. The van der Waals surface area contributed by atoms with Crippen molar-refractivity contribution in [2.45, 2.75) is 39.3 Å². The van der Waals surface area contributed by atoms with Gasteiger partial charge in [-0.2, -0.15) is 0 Å². The molecule has 0 radical (unpaired) electrons. The van der Waals surface area contributed by atoms with Gasteiger partial charge in [-0.3, -0.25) is 4.79 Å². The van der Waals surface area contributed by atoms with Crippen molar-refractivity contribution in [2.75, 3.05) is 19.7 Å². The van der Waals surface area contributed by atoms with Gasteiger partial charge < -0.3 is 25.5 Å². The van der Waals surface area contributed by atoms with Crippen LogP contribution in [0.4, 0.5) is 0 Å². The maximum absolute atomic E-state index is 11.0. The van der Waals surface area contributed by atoms with Crippen molar-refractivity contribution >= 4 is 16.8 Å². The fourth-order valence-corrected chi connectivity index (χ4v) is 2.52. The van der Waals surface area contributed by atoms with Gasteiger partial charge in [0.1, 0.15) is 25.0 Å². The van der Waals surface area contributed by atoms with E-state index < -0.39 is 6.10 Å². The van der Waals surface area contributed by atoms with Gasteiger partial charge in [0.15, 0.2) is 0 Å². The third-order valence-corrected chi connectivity index (χ3v) is 3.83. The molecule has 0 aliphatic carbocycles. The molecule has 24 heavy (non-hydrogen) atoms. The lowest BCUT2D eigenvalue weighted by atomic mass is 10.1. The molecule has 0 aliphatic rings. The van der Waals surface area contributed by atoms with E-state index in [1.54, 1.807) is 0 Å². The lowest BCUT2D eigenvalue weighted by Gasteiger charge is -2.13. The first-order valence-corrected chi connectivity index (χ1v) is 8.44. The fourth-order valence-electron chi connectivity index (χ4n) is 2.52. The van der Waals surface area contributed by atoms with Crippen LogP contribution in [0.5, 0.6) is 5.75 Å². The molecule has 2 rings (SSSR count). The molecule has 5 N–H and O–H groups in total. The summed E-state index contributed by atoms with van der Waals surface area (Å²) in [6.07, 6.45) is 2.23. The summed E-state index contributed by atoms with van der Waals surface area (Å²) in [6.45, 7) is 7.22. The van der Waals surface area contributed by atoms with E-state index in [1.165, 1.54) is 6.92 Å². The second kappa shape index (κ2) is 8.70. The number of aromatic nitrogens is 1. The average Bonchev–Trinajstić information content (AvgIpc) is 2.93. The van der Waals surface area contributed by atoms with E-state index in [-0.39, 0.29) is 12.5 Å². The molecule has 1 heterocycles. The van der Waals surface area contributed by atoms with Gasteiger partial charge in [0.05, 0.1) is 6.04 Å². The van der Waals surface area contributed by atoms with Crippen molar-refractivity contribution in [1.82, 2.24) is 10.3 Å². The third-order valence-electron chi connectivity index (χ3n) is 3.83. The number of hydrogen-bond acceptors (Lipinski definition) is 3. The largest absolute Gasteiger partial charge is 0.491 e. The second-order valence-corrected chi connectivity index (χ2v) is 6.43. The molecular formula is C18H28N3O3+. The van der Waals surface area contributed by atoms with Gasteiger partial charge in [-0.25, -0.2) is 0 Å². The number of aromatic amines is 1. The molecule has 6 nitrogen and oxygen atoms in total. The van der Waals surface area contributed by atoms with Crippen LogP contribution in [-0.4, -0.2) is 47.8 Å². The Morgan fingerprint density at radius 1 is 1.42 bits per heavy atom. The molecule has 0 fully saturated rings. The summed E-state index contributed by atoms with van der Waals surface area (Å²) < 4.78 is 5.72. The molecule has 132 valence electrons. The maximum Gasteiger partial charge on any atom is 0.216 e. The number of amides is 1. The van der Waals surface area contributed by atoms with Crippen molar-refractivity contribution in [1.29, 1.82) is 0 Å². The number of ether oxygens (including phenoxy) is 1. The number of benzene rings is 1. The van der Waals surface area contributed by atoms with E-state index in [0.717, 1.165) is 28.6 Å². The highest BCUT2D eigenvalue weighted by Gasteiger charge is 2.10. The molecule has 0 saturated heterocycles. The number of aliphatic hydroxyl groups excluding tert-OH is 1. The van der Waals surface area contributed by atoms with E-state index in [0.29, 0.717) is 19.1 Å². The van der Waals surface area contributed by atoms with Crippen LogP contribution >= 0.6 is 0 Å². The van der Waals surface area contributed by atoms with Gasteiger partial charge in [0.2, 0.25) is 5.91 Å². The number of quaternary nitrogens is 1. The SMILES string of the molecule is CC(=O)NCCc1c[nH]c2ccc(OC[C@H](O)C[NH2+]C(C)C)cc12. The summed E-state index contributed by atoms with van der Waals surface area (Å²) in [6, 6.07) is 6.31. The Hall–Kier alpha value is -2.05. The van der Waals surface area contributed by atoms with Crippen molar-refractivity contribution in [3.8, 4) is 5.75 Å². The van der Waals surface area contributed by atoms with E-state index >= 15 is 0 Å². The molecule has 1 atom stereocenters. The monoisotopic (exact) mass is 334 g/mol. The van der Waals surface area contributed by atoms with Crippen LogP contribution in [0.25, 0.3) is 10.9 Å². The summed E-state index contributed by atoms with van der Waals surface area (Å²) >= 11 is 0. The van der Waals surface area contributed by atoms with Crippen LogP contribution < -0.4 is 15.4 Å². The molecular weight excluding hydrogens is 306 g/mol. The number of aliphatic hydroxyl groups is 1. The zero-order chi connectivity index (χ0) is 17.5. The quantitative estimate of drug-likeness (QED) is 0.540. The number of hydrogen-bond donors (Lipinski definition) is 4. The highest BCUT2D eigenvalue weighted by Crippen LogP contribution is 2.24. The summed E-state index contributed by atoms with van der Waals surface area (Å²) in [5, 5.41) is 15.9. The zero-order valence-electron chi connectivity index (χ0n) is 14.6. The van der Waals surface area contributed by atoms with Gasteiger partial charge in [-0.1, -0.05) is 0 Å². The van der Waals surface area contributed by atoms with Gasteiger partial charge in [0.25, 0.3) is 0 Å². The van der Waals surface area contributed by atoms with Gasteiger partial charge >= 0.3 is 0 Å². The first kappa shape index (κ1) is 18.3. The minimum Gasteiger partial charge on any atom is -0.491 e. The molecule has 1 amide bonds. The first-order valence-electron chi connectivity index (χ1n) is 8.44. The van der Waals surface area contributed by atoms with Gasteiger partial charge in [-0.15, -0.1) is 0 Å². The Bertz CT molecular complexity index is 667. The van der Waals surface area contributed by atoms with E-state index in [1.807, 2.05) is 24.4 Å². The molecule has 0 saturated carbocycles. The predicted molar refractivity (Wildman–Crippen MR) is 94.1 cm³/mol. The van der Waals surface area contributed by atoms with Gasteiger partial charge in [-0.05, 0) is 44.0 Å². The van der Waals surface area contributed by atoms with Crippen molar-refractivity contribution in [3.63, 3.8) is 0 Å². The summed E-state index contributed by atoms with van der Waals surface area (Å²) in [5.41, 5.74) is 2.17. The summed E-state index contributed by atoms with van der Waals surface area (Å²) in [4.78, 5) is 14.2. The number of H-pyrrole nitrogens is 1. The number of nitrogens with two attached hydrogens (primary N) is 1. The standard InChI is InChI=1S/C18H27N3O3/c1-12(2)20-10-15(23)11-24-16-4-5-18-17(8-16)14(9-21-18)6-7-19-13(3)22/h4-5,8-9,12,15,20-21,23H,6-7,10-11H2,1-3H3,(H,19,22)/p+1/t15-/m1/s1. The fraction of sp³-hybridized carbons (Fsp3) is 0.500. The first-order chi connectivity index (χ1) is 11.5. The van der Waals surface area contributed by atoms with Crippen LogP contribution in [0.2, 0.25) is 0 Å². The van der Waals surface area contributed by atoms with Crippen molar-refractivity contribution in [3.05, 3.63) is 30.0 Å². The molecule has 0 bridgehead atoms. The molecule has 1 aromatic carbocycles. The number of carbonyl (C=O) groups is 1. The molecule has 0 spiro atoms. The number of rotatable bonds is 9. The molecule has 2 aromatic rings. The minimum atomic E-state index is -0.492. The highest BCUT2D eigenvalue weighted by atomic mass is 16.5. The molecule has 0 unspecified atom stereocenters. The van der Waals surface area contributed by atoms with Crippen LogP contribution in [0.15, 0.2) is 24.4 Å². The number of carbonyl (C=O) groups excluding carboxylic acids is 1. The normalized spacial score (nSPS) is 12.5. The Morgan fingerprint density at radius 2 is 2.21 bits per heavy atom. The van der Waals surface area contributed by atoms with Crippen molar-refractivity contribution in [2.24, 2.45) is 0 Å². The Labute approximate surface area is 142 Å². The van der Waals surface area contributed by atoms with Gasteiger partial charge in [0, 0.05) is 30.6 Å². The minimum absolute atomic E-state index is 0.0222. The summed E-state index contributed by atoms with van der Waals surface area (Å²) in [7, 11) is 0. The van der Waals surface area contributed by atoms with Crippen LogP contribution in [0.1, 0.15) is 26.3 Å². The van der Waals surface area contributed by atoms with Crippen LogP contribution in [0, 0.1) is 0 Å². The zero-order valence-corrected chi connectivity index (χ0v) is 14.6. The highest BCUT2D eigenvalue weighted by molar-refractivity contribution is 5.84. The summed E-state index contributed by atoms with van der Waals surface area (Å²) in [5.74, 6) is 0.720. The molecule has 0 aliphatic heterocycles. The lowest BCUT2D eigenvalue weighted by Crippen LogP contribution is -2.90. The number of fused-ring (bicyclic) bond motifs is 1. The second-order valence-electron chi connectivity index (χ2n) is 6.43. The Kier molecular flexibility index (Phi) is 6.63. The lowest BCUT2D eigenvalue weighted by molar-refractivity contribution is -0.688. The van der Waals surface area contributed by atoms with E-state index in [4.69, 9.17) is 4.74 Å². The van der Waals surface area contributed by atoms with E-state index in [9.17, 15) is 9.90 Å².